The fraction of sp³-hybridized carbons (Fsp3) is 0.938. The first-order valence-electron chi connectivity index (χ1n) is 8.53. The van der Waals surface area contributed by atoms with Gasteiger partial charge in [0.1, 0.15) is 0 Å². The van der Waals surface area contributed by atoms with Crippen LogP contribution in [0.5, 0.6) is 0 Å². The zero-order valence-electron chi connectivity index (χ0n) is 12.8. The van der Waals surface area contributed by atoms with E-state index in [0.29, 0.717) is 25.2 Å². The lowest BCUT2D eigenvalue weighted by Gasteiger charge is -2.29. The first-order chi connectivity index (χ1) is 9.79. The van der Waals surface area contributed by atoms with Crippen molar-refractivity contribution in [3.05, 3.63) is 0 Å². The van der Waals surface area contributed by atoms with Crippen LogP contribution in [0.25, 0.3) is 0 Å². The van der Waals surface area contributed by atoms with Gasteiger partial charge in [-0.25, -0.2) is 0 Å². The molecule has 0 heterocycles. The lowest BCUT2D eigenvalue weighted by atomic mass is 9.95. The second-order valence-corrected chi connectivity index (χ2v) is 6.45. The van der Waals surface area contributed by atoms with Crippen molar-refractivity contribution in [3.8, 4) is 0 Å². The first-order valence-corrected chi connectivity index (χ1v) is 8.53. The van der Waals surface area contributed by atoms with E-state index >= 15 is 0 Å². The molecule has 116 valence electrons. The number of carbonyl (C=O) groups excluding carboxylic acids is 1. The third kappa shape index (κ3) is 5.06. The molecule has 4 heteroatoms. The fourth-order valence-electron chi connectivity index (χ4n) is 3.66. The van der Waals surface area contributed by atoms with Crippen LogP contribution < -0.4 is 11.1 Å². The van der Waals surface area contributed by atoms with Gasteiger partial charge in [-0.3, -0.25) is 9.69 Å². The lowest BCUT2D eigenvalue weighted by molar-refractivity contribution is -0.123. The van der Waals surface area contributed by atoms with Crippen LogP contribution in [-0.2, 0) is 4.79 Å². The standard InChI is InChI=1S/C16H31N3O/c17-11-6-12-19(15-9-4-5-10-15)13-16(20)18-14-7-2-1-3-8-14/h14-15H,1-13,17H2,(H,18,20). The first kappa shape index (κ1) is 15.8. The average molecular weight is 281 g/mol. The number of nitrogens with one attached hydrogen (secondary N) is 1. The maximum absolute atomic E-state index is 12.3. The van der Waals surface area contributed by atoms with Gasteiger partial charge in [0.25, 0.3) is 0 Å². The van der Waals surface area contributed by atoms with Crippen molar-refractivity contribution in [2.75, 3.05) is 19.6 Å². The highest BCUT2D eigenvalue weighted by molar-refractivity contribution is 5.78. The topological polar surface area (TPSA) is 58.4 Å². The van der Waals surface area contributed by atoms with E-state index in [4.69, 9.17) is 5.73 Å². The quantitative estimate of drug-likeness (QED) is 0.750. The van der Waals surface area contributed by atoms with Gasteiger partial charge in [0.15, 0.2) is 0 Å². The van der Waals surface area contributed by atoms with Gasteiger partial charge in [-0.1, -0.05) is 32.1 Å². The summed E-state index contributed by atoms with van der Waals surface area (Å²) >= 11 is 0. The van der Waals surface area contributed by atoms with Gasteiger partial charge in [0, 0.05) is 18.6 Å². The molecule has 4 nitrogen and oxygen atoms in total. The van der Waals surface area contributed by atoms with Crippen LogP contribution in [0.4, 0.5) is 0 Å². The molecule has 2 aliphatic carbocycles. The number of amides is 1. The largest absolute Gasteiger partial charge is 0.352 e. The molecule has 3 N–H and O–H groups in total. The Labute approximate surface area is 123 Å². The van der Waals surface area contributed by atoms with E-state index in [1.165, 1.54) is 44.9 Å². The van der Waals surface area contributed by atoms with Crippen molar-refractivity contribution in [3.63, 3.8) is 0 Å². The van der Waals surface area contributed by atoms with Crippen LogP contribution in [0.3, 0.4) is 0 Å². The van der Waals surface area contributed by atoms with Crippen LogP contribution in [0.2, 0.25) is 0 Å². The normalized spacial score (nSPS) is 21.5. The molecule has 2 fully saturated rings. The predicted octanol–water partition coefficient (Wildman–Crippen LogP) is 2.03. The number of nitrogens with two attached hydrogens (primary N) is 1. The Morgan fingerprint density at radius 2 is 1.70 bits per heavy atom. The van der Waals surface area contributed by atoms with Crippen molar-refractivity contribution in [2.45, 2.75) is 76.3 Å². The minimum atomic E-state index is 0.223. The van der Waals surface area contributed by atoms with Gasteiger partial charge in [0.05, 0.1) is 6.54 Å². The highest BCUT2D eigenvalue weighted by Gasteiger charge is 2.25. The Morgan fingerprint density at radius 1 is 1.05 bits per heavy atom. The molecular formula is C16H31N3O. The number of hydrogen-bond acceptors (Lipinski definition) is 3. The summed E-state index contributed by atoms with van der Waals surface area (Å²) in [5, 5.41) is 3.24. The van der Waals surface area contributed by atoms with Crippen LogP contribution in [0.15, 0.2) is 0 Å². The zero-order chi connectivity index (χ0) is 14.2. The second-order valence-electron chi connectivity index (χ2n) is 6.45. The van der Waals surface area contributed by atoms with Crippen molar-refractivity contribution in [1.29, 1.82) is 0 Å². The molecule has 1 amide bonds. The summed E-state index contributed by atoms with van der Waals surface area (Å²) in [6.45, 7) is 2.26. The highest BCUT2D eigenvalue weighted by atomic mass is 16.2. The van der Waals surface area contributed by atoms with Crippen LogP contribution in [-0.4, -0.2) is 42.5 Å². The Morgan fingerprint density at radius 3 is 2.35 bits per heavy atom. The highest BCUT2D eigenvalue weighted by Crippen LogP contribution is 2.23. The maximum Gasteiger partial charge on any atom is 0.234 e. The molecule has 0 radical (unpaired) electrons. The zero-order valence-corrected chi connectivity index (χ0v) is 12.8. The van der Waals surface area contributed by atoms with E-state index in [-0.39, 0.29) is 5.91 Å². The van der Waals surface area contributed by atoms with Crippen LogP contribution in [0, 0.1) is 0 Å². The molecule has 2 saturated carbocycles. The van der Waals surface area contributed by atoms with Crippen LogP contribution in [0.1, 0.15) is 64.2 Å². The molecule has 0 atom stereocenters. The maximum atomic E-state index is 12.3. The lowest BCUT2D eigenvalue weighted by Crippen LogP contribution is -2.46. The molecule has 0 aromatic rings. The molecule has 0 aromatic carbocycles. The number of hydrogen-bond donors (Lipinski definition) is 2. The fourth-order valence-corrected chi connectivity index (χ4v) is 3.66. The summed E-state index contributed by atoms with van der Waals surface area (Å²) in [4.78, 5) is 14.6. The third-order valence-electron chi connectivity index (χ3n) is 4.81. The molecule has 0 bridgehead atoms. The smallest absolute Gasteiger partial charge is 0.234 e. The molecule has 20 heavy (non-hydrogen) atoms. The number of rotatable bonds is 7. The second kappa shape index (κ2) is 8.63. The monoisotopic (exact) mass is 281 g/mol. The van der Waals surface area contributed by atoms with Gasteiger partial charge in [-0.05, 0) is 38.6 Å². The minimum absolute atomic E-state index is 0.223. The molecule has 0 aromatic heterocycles. The van der Waals surface area contributed by atoms with Gasteiger partial charge in [0.2, 0.25) is 5.91 Å². The van der Waals surface area contributed by atoms with Gasteiger partial charge < -0.3 is 11.1 Å². The van der Waals surface area contributed by atoms with E-state index in [1.54, 1.807) is 0 Å². The Hall–Kier alpha value is -0.610. The summed E-state index contributed by atoms with van der Waals surface area (Å²) in [7, 11) is 0. The van der Waals surface area contributed by atoms with Gasteiger partial charge >= 0.3 is 0 Å². The van der Waals surface area contributed by atoms with Crippen LogP contribution >= 0.6 is 0 Å². The molecule has 0 aliphatic heterocycles. The molecule has 0 saturated heterocycles. The van der Waals surface area contributed by atoms with Gasteiger partial charge in [-0.15, -0.1) is 0 Å². The summed E-state index contributed by atoms with van der Waals surface area (Å²) in [5.41, 5.74) is 5.63. The van der Waals surface area contributed by atoms with Crippen molar-refractivity contribution >= 4 is 5.91 Å². The Bertz CT molecular complexity index is 283. The molecule has 2 aliphatic rings. The predicted molar refractivity (Wildman–Crippen MR) is 82.5 cm³/mol. The number of nitrogens with zero attached hydrogens (tertiary/aromatic N) is 1. The SMILES string of the molecule is NCCCN(CC(=O)NC1CCCCC1)C1CCCC1. The summed E-state index contributed by atoms with van der Waals surface area (Å²) < 4.78 is 0. The summed E-state index contributed by atoms with van der Waals surface area (Å²) in [6, 6.07) is 1.04. The van der Waals surface area contributed by atoms with Crippen molar-refractivity contribution in [2.24, 2.45) is 5.73 Å². The molecule has 0 unspecified atom stereocenters. The van der Waals surface area contributed by atoms with E-state index < -0.39 is 0 Å². The van der Waals surface area contributed by atoms with E-state index in [1.807, 2.05) is 0 Å². The summed E-state index contributed by atoms with van der Waals surface area (Å²) in [5.74, 6) is 0.223. The molecular weight excluding hydrogens is 250 g/mol. The summed E-state index contributed by atoms with van der Waals surface area (Å²) in [6.07, 6.45) is 12.3. The minimum Gasteiger partial charge on any atom is -0.352 e. The Kier molecular flexibility index (Phi) is 6.80. The van der Waals surface area contributed by atoms with Crippen molar-refractivity contribution in [1.82, 2.24) is 10.2 Å². The average Bonchev–Trinajstić information content (AvgIpc) is 2.98. The Balaban J connectivity index is 1.77. The van der Waals surface area contributed by atoms with E-state index in [2.05, 4.69) is 10.2 Å². The van der Waals surface area contributed by atoms with E-state index in [0.717, 1.165) is 25.8 Å². The van der Waals surface area contributed by atoms with Crippen molar-refractivity contribution < 1.29 is 4.79 Å². The number of carbonyl (C=O) groups is 1. The van der Waals surface area contributed by atoms with Gasteiger partial charge in [-0.2, -0.15) is 0 Å². The molecule has 2 rings (SSSR count). The molecule has 0 spiro atoms. The van der Waals surface area contributed by atoms with E-state index in [9.17, 15) is 4.79 Å². The third-order valence-corrected chi connectivity index (χ3v) is 4.81.